The van der Waals surface area contributed by atoms with E-state index >= 15 is 0 Å². The monoisotopic (exact) mass is 477 g/mol. The van der Waals surface area contributed by atoms with Crippen LogP contribution in [0.4, 0.5) is 17.3 Å². The number of nitrogens with one attached hydrogen (secondary N) is 2. The second kappa shape index (κ2) is 9.97. The molecule has 2 N–H and O–H groups in total. The standard InChI is InChI=1S/C28H27N7O/c1-19(36)30-23-11-7-9-21(17-23)27-26(25-12-4-5-15-35(25)33-27)24-13-14-29-28(32-24)31-22-10-6-8-20(16-22)18-34(2)3/h4-17H,18H2,1-3H3,(H,30,36)(H,29,31,32). The summed E-state index contributed by atoms with van der Waals surface area (Å²) >= 11 is 0. The highest BCUT2D eigenvalue weighted by atomic mass is 16.1. The van der Waals surface area contributed by atoms with Gasteiger partial charge in [-0.2, -0.15) is 5.10 Å². The van der Waals surface area contributed by atoms with Crippen LogP contribution < -0.4 is 10.6 Å². The molecular weight excluding hydrogens is 450 g/mol. The van der Waals surface area contributed by atoms with E-state index in [9.17, 15) is 4.79 Å². The fourth-order valence-corrected chi connectivity index (χ4v) is 4.20. The molecule has 3 heterocycles. The SMILES string of the molecule is CC(=O)Nc1cccc(-c2nn3ccccc3c2-c2ccnc(Nc3cccc(CN(C)C)c3)n2)c1. The van der Waals surface area contributed by atoms with Crippen molar-refractivity contribution in [2.75, 3.05) is 24.7 Å². The van der Waals surface area contributed by atoms with Crippen LogP contribution in [0.25, 0.3) is 28.0 Å². The molecule has 0 aliphatic carbocycles. The predicted octanol–water partition coefficient (Wildman–Crippen LogP) is 5.22. The number of nitrogens with zero attached hydrogens (tertiary/aromatic N) is 5. The summed E-state index contributed by atoms with van der Waals surface area (Å²) in [5.74, 6) is 0.381. The van der Waals surface area contributed by atoms with E-state index in [1.54, 1.807) is 6.20 Å². The Labute approximate surface area is 209 Å². The summed E-state index contributed by atoms with van der Waals surface area (Å²) in [5, 5.41) is 11.0. The van der Waals surface area contributed by atoms with Crippen molar-refractivity contribution in [3.63, 3.8) is 0 Å². The van der Waals surface area contributed by atoms with Gasteiger partial charge in [0.05, 0.1) is 16.8 Å². The lowest BCUT2D eigenvalue weighted by Crippen LogP contribution is -2.10. The van der Waals surface area contributed by atoms with Crippen LogP contribution in [0.2, 0.25) is 0 Å². The first-order valence-electron chi connectivity index (χ1n) is 11.7. The smallest absolute Gasteiger partial charge is 0.227 e. The normalized spacial score (nSPS) is 11.1. The summed E-state index contributed by atoms with van der Waals surface area (Å²) in [6.45, 7) is 2.34. The molecule has 180 valence electrons. The fourth-order valence-electron chi connectivity index (χ4n) is 4.20. The van der Waals surface area contributed by atoms with Crippen molar-refractivity contribution >= 4 is 28.7 Å². The van der Waals surface area contributed by atoms with E-state index in [-0.39, 0.29) is 5.91 Å². The lowest BCUT2D eigenvalue weighted by molar-refractivity contribution is -0.114. The number of hydrogen-bond acceptors (Lipinski definition) is 6. The van der Waals surface area contributed by atoms with Gasteiger partial charge >= 0.3 is 0 Å². The maximum absolute atomic E-state index is 11.6. The number of aromatic nitrogens is 4. The molecule has 0 saturated carbocycles. The molecule has 2 aromatic carbocycles. The molecule has 5 aromatic rings. The summed E-state index contributed by atoms with van der Waals surface area (Å²) in [6.07, 6.45) is 3.66. The number of pyridine rings is 1. The predicted molar refractivity (Wildman–Crippen MR) is 143 cm³/mol. The van der Waals surface area contributed by atoms with Gasteiger partial charge in [-0.1, -0.05) is 30.3 Å². The largest absolute Gasteiger partial charge is 0.326 e. The highest BCUT2D eigenvalue weighted by molar-refractivity contribution is 5.93. The average Bonchev–Trinajstić information content (AvgIpc) is 3.24. The molecule has 0 aliphatic rings. The average molecular weight is 478 g/mol. The third kappa shape index (κ3) is 5.08. The van der Waals surface area contributed by atoms with Crippen molar-refractivity contribution in [3.8, 4) is 22.5 Å². The lowest BCUT2D eigenvalue weighted by atomic mass is 10.0. The van der Waals surface area contributed by atoms with Gasteiger partial charge in [0.25, 0.3) is 0 Å². The molecule has 0 fully saturated rings. The van der Waals surface area contributed by atoms with Crippen LogP contribution in [0.3, 0.4) is 0 Å². The van der Waals surface area contributed by atoms with Gasteiger partial charge in [0.1, 0.15) is 5.69 Å². The summed E-state index contributed by atoms with van der Waals surface area (Å²) in [4.78, 5) is 23.0. The first kappa shape index (κ1) is 23.2. The molecule has 0 unspecified atom stereocenters. The molecule has 8 heteroatoms. The van der Waals surface area contributed by atoms with Gasteiger partial charge in [-0.05, 0) is 62.1 Å². The highest BCUT2D eigenvalue weighted by Gasteiger charge is 2.18. The van der Waals surface area contributed by atoms with E-state index < -0.39 is 0 Å². The van der Waals surface area contributed by atoms with Crippen molar-refractivity contribution in [3.05, 3.63) is 90.8 Å². The van der Waals surface area contributed by atoms with E-state index in [0.29, 0.717) is 11.6 Å². The number of rotatable bonds is 7. The van der Waals surface area contributed by atoms with Crippen molar-refractivity contribution in [1.82, 2.24) is 24.5 Å². The Morgan fingerprint density at radius 3 is 2.64 bits per heavy atom. The third-order valence-electron chi connectivity index (χ3n) is 5.59. The first-order chi connectivity index (χ1) is 17.5. The topological polar surface area (TPSA) is 87.5 Å². The van der Waals surface area contributed by atoms with Gasteiger partial charge in [-0.15, -0.1) is 0 Å². The van der Waals surface area contributed by atoms with Gasteiger partial charge in [0.2, 0.25) is 11.9 Å². The maximum atomic E-state index is 11.6. The van der Waals surface area contributed by atoms with E-state index in [1.165, 1.54) is 12.5 Å². The number of carbonyl (C=O) groups excluding carboxylic acids is 1. The minimum absolute atomic E-state index is 0.122. The molecule has 3 aromatic heterocycles. The molecule has 0 bridgehead atoms. The molecule has 0 atom stereocenters. The number of benzene rings is 2. The van der Waals surface area contributed by atoms with Crippen molar-refractivity contribution in [1.29, 1.82) is 0 Å². The van der Waals surface area contributed by atoms with E-state index in [0.717, 1.165) is 40.3 Å². The second-order valence-corrected chi connectivity index (χ2v) is 8.84. The highest BCUT2D eigenvalue weighted by Crippen LogP contribution is 2.35. The Morgan fingerprint density at radius 2 is 1.81 bits per heavy atom. The van der Waals surface area contributed by atoms with Crippen molar-refractivity contribution in [2.24, 2.45) is 0 Å². The van der Waals surface area contributed by atoms with Crippen LogP contribution in [0.15, 0.2) is 85.2 Å². The van der Waals surface area contributed by atoms with Gasteiger partial charge in [0, 0.05) is 42.8 Å². The molecule has 0 spiro atoms. The number of fused-ring (bicyclic) bond motifs is 1. The minimum atomic E-state index is -0.122. The van der Waals surface area contributed by atoms with Gasteiger partial charge in [-0.25, -0.2) is 14.5 Å². The van der Waals surface area contributed by atoms with Crippen molar-refractivity contribution < 1.29 is 4.79 Å². The van der Waals surface area contributed by atoms with Gasteiger partial charge in [-0.3, -0.25) is 4.79 Å². The van der Waals surface area contributed by atoms with Crippen LogP contribution in [-0.4, -0.2) is 44.5 Å². The summed E-state index contributed by atoms with van der Waals surface area (Å²) in [6, 6.07) is 23.7. The molecule has 0 saturated heterocycles. The van der Waals surface area contributed by atoms with E-state index in [4.69, 9.17) is 10.1 Å². The minimum Gasteiger partial charge on any atom is -0.326 e. The lowest BCUT2D eigenvalue weighted by Gasteiger charge is -2.12. The zero-order chi connectivity index (χ0) is 25.1. The summed E-state index contributed by atoms with van der Waals surface area (Å²) in [7, 11) is 4.10. The molecule has 0 radical (unpaired) electrons. The van der Waals surface area contributed by atoms with Crippen LogP contribution >= 0.6 is 0 Å². The Balaban J connectivity index is 1.56. The third-order valence-corrected chi connectivity index (χ3v) is 5.59. The number of carbonyl (C=O) groups is 1. The van der Waals surface area contributed by atoms with Crippen molar-refractivity contribution in [2.45, 2.75) is 13.5 Å². The van der Waals surface area contributed by atoms with E-state index in [1.807, 2.05) is 85.5 Å². The van der Waals surface area contributed by atoms with Gasteiger partial charge in [0.15, 0.2) is 0 Å². The number of hydrogen-bond donors (Lipinski definition) is 2. The van der Waals surface area contributed by atoms with Crippen LogP contribution in [-0.2, 0) is 11.3 Å². The Morgan fingerprint density at radius 1 is 0.972 bits per heavy atom. The summed E-state index contributed by atoms with van der Waals surface area (Å²) in [5.41, 5.74) is 7.05. The molecule has 8 nitrogen and oxygen atoms in total. The Hall–Kier alpha value is -4.56. The molecule has 5 rings (SSSR count). The van der Waals surface area contributed by atoms with E-state index in [2.05, 4.69) is 32.7 Å². The Kier molecular flexibility index (Phi) is 6.42. The van der Waals surface area contributed by atoms with Crippen LogP contribution in [0.5, 0.6) is 0 Å². The second-order valence-electron chi connectivity index (χ2n) is 8.84. The first-order valence-corrected chi connectivity index (χ1v) is 11.7. The zero-order valence-electron chi connectivity index (χ0n) is 20.4. The fraction of sp³-hybridized carbons (Fsp3) is 0.143. The quantitative estimate of drug-likeness (QED) is 0.334. The van der Waals surface area contributed by atoms with Gasteiger partial charge < -0.3 is 15.5 Å². The molecular formula is C28H27N7O. The van der Waals surface area contributed by atoms with Crippen LogP contribution in [0, 0.1) is 0 Å². The summed E-state index contributed by atoms with van der Waals surface area (Å²) < 4.78 is 1.84. The number of anilines is 3. The molecule has 0 aliphatic heterocycles. The Bertz CT molecular complexity index is 1540. The maximum Gasteiger partial charge on any atom is 0.227 e. The molecule has 36 heavy (non-hydrogen) atoms. The zero-order valence-corrected chi connectivity index (χ0v) is 20.4. The number of amides is 1. The molecule has 1 amide bonds. The van der Waals surface area contributed by atoms with Crippen LogP contribution in [0.1, 0.15) is 12.5 Å².